The molecule has 0 aromatic heterocycles. The van der Waals surface area contributed by atoms with E-state index in [9.17, 15) is 0 Å². The van der Waals surface area contributed by atoms with Gasteiger partial charge in [-0.25, -0.2) is 0 Å². The van der Waals surface area contributed by atoms with Crippen molar-refractivity contribution >= 4 is 23.5 Å². The Morgan fingerprint density at radius 1 is 1.18 bits per heavy atom. The molecule has 0 aliphatic carbocycles. The summed E-state index contributed by atoms with van der Waals surface area (Å²) in [5.41, 5.74) is 0. The van der Waals surface area contributed by atoms with Gasteiger partial charge in [0.25, 0.3) is 0 Å². The van der Waals surface area contributed by atoms with Crippen molar-refractivity contribution in [1.82, 2.24) is 5.32 Å². The first-order valence-corrected chi connectivity index (χ1v) is 9.44. The lowest BCUT2D eigenvalue weighted by Crippen LogP contribution is -2.42. The lowest BCUT2D eigenvalue weighted by Gasteiger charge is -2.32. The molecule has 17 heavy (non-hydrogen) atoms. The van der Waals surface area contributed by atoms with Gasteiger partial charge in [0.2, 0.25) is 0 Å². The maximum Gasteiger partial charge on any atom is 0.0292 e. The van der Waals surface area contributed by atoms with Crippen LogP contribution in [-0.4, -0.2) is 35.1 Å². The number of hydrogen-bond donors (Lipinski definition) is 1. The third-order valence-corrected chi connectivity index (χ3v) is 6.61. The third-order valence-electron chi connectivity index (χ3n) is 3.69. The molecule has 1 N–H and O–H groups in total. The van der Waals surface area contributed by atoms with Crippen LogP contribution in [0.15, 0.2) is 0 Å². The molecule has 1 saturated heterocycles. The zero-order chi connectivity index (χ0) is 12.5. The fourth-order valence-electron chi connectivity index (χ4n) is 2.42. The van der Waals surface area contributed by atoms with Crippen molar-refractivity contribution in [2.45, 2.75) is 57.7 Å². The molecule has 0 radical (unpaired) electrons. The fraction of sp³-hybridized carbons (Fsp3) is 1.00. The maximum atomic E-state index is 3.80. The Balaban J connectivity index is 2.45. The molecule has 0 amide bonds. The van der Waals surface area contributed by atoms with Gasteiger partial charge in [0.1, 0.15) is 0 Å². The molecule has 1 nitrogen and oxygen atoms in total. The largest absolute Gasteiger partial charge is 0.313 e. The van der Waals surface area contributed by atoms with Crippen LogP contribution in [0.5, 0.6) is 0 Å². The van der Waals surface area contributed by atoms with E-state index < -0.39 is 0 Å². The van der Waals surface area contributed by atoms with Gasteiger partial charge in [-0.3, -0.25) is 0 Å². The van der Waals surface area contributed by atoms with Crippen LogP contribution in [0, 0.1) is 5.92 Å². The molecule has 1 aliphatic heterocycles. The average molecular weight is 276 g/mol. The second kappa shape index (κ2) is 9.57. The first-order valence-electron chi connectivity index (χ1n) is 7.24. The van der Waals surface area contributed by atoms with Crippen molar-refractivity contribution in [2.24, 2.45) is 5.92 Å². The van der Waals surface area contributed by atoms with Gasteiger partial charge in [0.15, 0.2) is 0 Å². The van der Waals surface area contributed by atoms with E-state index in [2.05, 4.69) is 49.6 Å². The summed E-state index contributed by atoms with van der Waals surface area (Å²) in [5.74, 6) is 4.97. The molecule has 102 valence electrons. The molecule has 1 fully saturated rings. The minimum atomic E-state index is 0.748. The second-order valence-electron chi connectivity index (χ2n) is 4.96. The number of hydrogen-bond acceptors (Lipinski definition) is 3. The molecule has 0 spiro atoms. The first kappa shape index (κ1) is 15.7. The fourth-order valence-corrected chi connectivity index (χ4v) is 5.32. The van der Waals surface area contributed by atoms with Crippen LogP contribution in [0.1, 0.15) is 46.5 Å². The van der Waals surface area contributed by atoms with Crippen LogP contribution < -0.4 is 5.32 Å². The first-order chi connectivity index (χ1) is 8.31. The van der Waals surface area contributed by atoms with Crippen LogP contribution >= 0.6 is 23.5 Å². The van der Waals surface area contributed by atoms with Crippen molar-refractivity contribution in [3.8, 4) is 0 Å². The van der Waals surface area contributed by atoms with Crippen LogP contribution in [0.2, 0.25) is 0 Å². The van der Waals surface area contributed by atoms with Gasteiger partial charge in [-0.2, -0.15) is 23.5 Å². The maximum absolute atomic E-state index is 3.80. The van der Waals surface area contributed by atoms with Crippen LogP contribution in [0.25, 0.3) is 0 Å². The zero-order valence-electron chi connectivity index (χ0n) is 11.7. The van der Waals surface area contributed by atoms with Gasteiger partial charge in [-0.15, -0.1) is 0 Å². The number of rotatable bonds is 8. The van der Waals surface area contributed by atoms with Crippen molar-refractivity contribution < 1.29 is 0 Å². The third kappa shape index (κ3) is 5.89. The highest BCUT2D eigenvalue weighted by molar-refractivity contribution is 8.06. The van der Waals surface area contributed by atoms with Gasteiger partial charge < -0.3 is 5.32 Å². The summed E-state index contributed by atoms with van der Waals surface area (Å²) in [4.78, 5) is 0. The summed E-state index contributed by atoms with van der Waals surface area (Å²) in [6.45, 7) is 8.14. The van der Waals surface area contributed by atoms with E-state index in [0.29, 0.717) is 0 Å². The SMILES string of the molecule is CCCNC(CC(CC)CC)C1CSCCS1. The molecular weight excluding hydrogens is 246 g/mol. The predicted molar refractivity (Wildman–Crippen MR) is 84.3 cm³/mol. The van der Waals surface area contributed by atoms with E-state index in [-0.39, 0.29) is 0 Å². The summed E-state index contributed by atoms with van der Waals surface area (Å²) < 4.78 is 0. The van der Waals surface area contributed by atoms with Crippen molar-refractivity contribution in [1.29, 1.82) is 0 Å². The summed E-state index contributed by atoms with van der Waals surface area (Å²) in [6, 6.07) is 0.748. The van der Waals surface area contributed by atoms with Crippen LogP contribution in [0.3, 0.4) is 0 Å². The summed E-state index contributed by atoms with van der Waals surface area (Å²) in [6.07, 6.45) is 5.31. The molecule has 1 aliphatic rings. The molecule has 1 rings (SSSR count). The minimum Gasteiger partial charge on any atom is -0.313 e. The van der Waals surface area contributed by atoms with Gasteiger partial charge >= 0.3 is 0 Å². The summed E-state index contributed by atoms with van der Waals surface area (Å²) >= 11 is 4.35. The summed E-state index contributed by atoms with van der Waals surface area (Å²) in [5, 5.41) is 4.65. The molecule has 0 aromatic carbocycles. The lowest BCUT2D eigenvalue weighted by atomic mass is 9.93. The highest BCUT2D eigenvalue weighted by Crippen LogP contribution is 2.30. The second-order valence-corrected chi connectivity index (χ2v) is 7.46. The topological polar surface area (TPSA) is 12.0 Å². The summed E-state index contributed by atoms with van der Waals surface area (Å²) in [7, 11) is 0. The molecule has 2 unspecified atom stereocenters. The van der Waals surface area contributed by atoms with Crippen LogP contribution in [0.4, 0.5) is 0 Å². The van der Waals surface area contributed by atoms with E-state index in [1.165, 1.54) is 49.5 Å². The van der Waals surface area contributed by atoms with Gasteiger partial charge in [0.05, 0.1) is 0 Å². The molecule has 0 bridgehead atoms. The van der Waals surface area contributed by atoms with E-state index in [4.69, 9.17) is 0 Å². The number of nitrogens with one attached hydrogen (secondary N) is 1. The minimum absolute atomic E-state index is 0.748. The molecular formula is C14H29NS2. The van der Waals surface area contributed by atoms with E-state index in [0.717, 1.165) is 17.2 Å². The Morgan fingerprint density at radius 3 is 2.47 bits per heavy atom. The Hall–Kier alpha value is 0.660. The van der Waals surface area contributed by atoms with Crippen LogP contribution in [-0.2, 0) is 0 Å². The van der Waals surface area contributed by atoms with Gasteiger partial charge in [-0.1, -0.05) is 33.6 Å². The Labute approximate surface area is 116 Å². The molecule has 0 saturated carbocycles. The van der Waals surface area contributed by atoms with E-state index >= 15 is 0 Å². The molecule has 0 aromatic rings. The normalized spacial score (nSPS) is 22.9. The molecule has 2 atom stereocenters. The van der Waals surface area contributed by atoms with Gasteiger partial charge in [-0.05, 0) is 25.3 Å². The molecule has 3 heteroatoms. The highest BCUT2D eigenvalue weighted by atomic mass is 32.2. The Morgan fingerprint density at radius 2 is 1.94 bits per heavy atom. The zero-order valence-corrected chi connectivity index (χ0v) is 13.3. The lowest BCUT2D eigenvalue weighted by molar-refractivity contribution is 0.364. The number of thioether (sulfide) groups is 2. The average Bonchev–Trinajstić information content (AvgIpc) is 2.40. The van der Waals surface area contributed by atoms with Crippen molar-refractivity contribution in [3.63, 3.8) is 0 Å². The quantitative estimate of drug-likeness (QED) is 0.718. The van der Waals surface area contributed by atoms with Gasteiger partial charge in [0, 0.05) is 28.6 Å². The van der Waals surface area contributed by atoms with E-state index in [1.54, 1.807) is 0 Å². The predicted octanol–water partition coefficient (Wildman–Crippen LogP) is 4.03. The smallest absolute Gasteiger partial charge is 0.0292 e. The van der Waals surface area contributed by atoms with Crippen molar-refractivity contribution in [2.75, 3.05) is 23.8 Å². The Kier molecular flexibility index (Phi) is 8.85. The van der Waals surface area contributed by atoms with E-state index in [1.807, 2.05) is 0 Å². The monoisotopic (exact) mass is 275 g/mol. The standard InChI is InChI=1S/C14H29NS2/c1-4-7-15-13(10-12(5-2)6-3)14-11-16-8-9-17-14/h12-15H,4-11H2,1-3H3. The molecule has 1 heterocycles. The van der Waals surface area contributed by atoms with Crippen molar-refractivity contribution in [3.05, 3.63) is 0 Å². The highest BCUT2D eigenvalue weighted by Gasteiger charge is 2.25. The Bertz CT molecular complexity index is 177.